The lowest BCUT2D eigenvalue weighted by atomic mass is 9.93. The maximum Gasteiger partial charge on any atom is 0.0549 e. The molecule has 1 saturated carbocycles. The second-order valence-electron chi connectivity index (χ2n) is 3.76. The van der Waals surface area contributed by atoms with Gasteiger partial charge in [0.1, 0.15) is 0 Å². The molecule has 0 bridgehead atoms. The van der Waals surface area contributed by atoms with Crippen LogP contribution in [0.4, 0.5) is 11.4 Å². The SMILES string of the molecule is CCNc1cncc(NC2CCC2)c1. The first-order valence-electron chi connectivity index (χ1n) is 5.34. The number of aromatic nitrogens is 1. The van der Waals surface area contributed by atoms with E-state index in [9.17, 15) is 0 Å². The minimum atomic E-state index is 0.675. The normalized spacial score (nSPS) is 16.1. The summed E-state index contributed by atoms with van der Waals surface area (Å²) in [6.07, 6.45) is 7.70. The fourth-order valence-corrected chi connectivity index (χ4v) is 1.61. The minimum Gasteiger partial charge on any atom is -0.384 e. The van der Waals surface area contributed by atoms with Gasteiger partial charge in [-0.2, -0.15) is 0 Å². The van der Waals surface area contributed by atoms with E-state index in [0.29, 0.717) is 6.04 Å². The smallest absolute Gasteiger partial charge is 0.0549 e. The van der Waals surface area contributed by atoms with Crippen molar-refractivity contribution in [3.8, 4) is 0 Å². The van der Waals surface area contributed by atoms with E-state index in [4.69, 9.17) is 0 Å². The summed E-state index contributed by atoms with van der Waals surface area (Å²) in [6.45, 7) is 3.03. The van der Waals surface area contributed by atoms with Crippen LogP contribution < -0.4 is 10.6 Å². The van der Waals surface area contributed by atoms with E-state index in [1.54, 1.807) is 0 Å². The van der Waals surface area contributed by atoms with Gasteiger partial charge in [-0.1, -0.05) is 0 Å². The zero-order valence-electron chi connectivity index (χ0n) is 8.59. The number of hydrogen-bond acceptors (Lipinski definition) is 3. The Morgan fingerprint density at radius 2 is 2.14 bits per heavy atom. The van der Waals surface area contributed by atoms with Crippen molar-refractivity contribution in [1.82, 2.24) is 4.98 Å². The number of rotatable bonds is 4. The molecule has 1 aliphatic carbocycles. The molecule has 1 heterocycles. The molecule has 76 valence electrons. The van der Waals surface area contributed by atoms with E-state index >= 15 is 0 Å². The summed E-state index contributed by atoms with van der Waals surface area (Å²) in [6, 6.07) is 2.79. The molecule has 0 spiro atoms. The molecule has 2 N–H and O–H groups in total. The number of pyridine rings is 1. The molecule has 3 heteroatoms. The standard InChI is InChI=1S/C11H17N3/c1-2-13-10-6-11(8-12-7-10)14-9-4-3-5-9/h6-9,13-14H,2-5H2,1H3. The van der Waals surface area contributed by atoms with E-state index < -0.39 is 0 Å². The number of nitrogens with zero attached hydrogens (tertiary/aromatic N) is 1. The first-order valence-corrected chi connectivity index (χ1v) is 5.34. The zero-order chi connectivity index (χ0) is 9.80. The number of nitrogens with one attached hydrogen (secondary N) is 2. The van der Waals surface area contributed by atoms with Crippen LogP contribution in [-0.2, 0) is 0 Å². The second kappa shape index (κ2) is 4.31. The maximum absolute atomic E-state index is 4.19. The highest BCUT2D eigenvalue weighted by Crippen LogP contribution is 2.23. The van der Waals surface area contributed by atoms with E-state index in [1.807, 2.05) is 12.4 Å². The fourth-order valence-electron chi connectivity index (χ4n) is 1.61. The monoisotopic (exact) mass is 191 g/mol. The summed E-state index contributed by atoms with van der Waals surface area (Å²) in [4.78, 5) is 4.19. The molecule has 1 aromatic heterocycles. The number of anilines is 2. The third kappa shape index (κ3) is 2.16. The lowest BCUT2D eigenvalue weighted by molar-refractivity contribution is 0.445. The van der Waals surface area contributed by atoms with Crippen LogP contribution in [0.15, 0.2) is 18.5 Å². The predicted molar refractivity (Wildman–Crippen MR) is 59.7 cm³/mol. The second-order valence-corrected chi connectivity index (χ2v) is 3.76. The van der Waals surface area contributed by atoms with E-state index in [0.717, 1.165) is 17.9 Å². The van der Waals surface area contributed by atoms with Gasteiger partial charge in [-0.05, 0) is 32.3 Å². The van der Waals surface area contributed by atoms with Crippen molar-refractivity contribution in [1.29, 1.82) is 0 Å². The van der Waals surface area contributed by atoms with Crippen LogP contribution >= 0.6 is 0 Å². The van der Waals surface area contributed by atoms with Crippen molar-refractivity contribution < 1.29 is 0 Å². The molecule has 1 aliphatic rings. The molecule has 14 heavy (non-hydrogen) atoms. The van der Waals surface area contributed by atoms with Crippen molar-refractivity contribution >= 4 is 11.4 Å². The molecule has 0 aromatic carbocycles. The Bertz CT molecular complexity index is 294. The Hall–Kier alpha value is -1.25. The Labute approximate surface area is 84.9 Å². The Morgan fingerprint density at radius 1 is 1.36 bits per heavy atom. The zero-order valence-corrected chi connectivity index (χ0v) is 8.59. The minimum absolute atomic E-state index is 0.675. The molecule has 0 aliphatic heterocycles. The highest BCUT2D eigenvalue weighted by Gasteiger charge is 2.16. The Balaban J connectivity index is 1.97. The first kappa shape index (κ1) is 9.31. The van der Waals surface area contributed by atoms with Gasteiger partial charge in [0.05, 0.1) is 23.8 Å². The highest BCUT2D eigenvalue weighted by molar-refractivity contribution is 5.54. The van der Waals surface area contributed by atoms with Crippen LogP contribution in [0.2, 0.25) is 0 Å². The Morgan fingerprint density at radius 3 is 2.79 bits per heavy atom. The predicted octanol–water partition coefficient (Wildman–Crippen LogP) is 2.48. The summed E-state index contributed by atoms with van der Waals surface area (Å²) >= 11 is 0. The van der Waals surface area contributed by atoms with Gasteiger partial charge in [-0.25, -0.2) is 0 Å². The largest absolute Gasteiger partial charge is 0.384 e. The molecule has 0 amide bonds. The van der Waals surface area contributed by atoms with Gasteiger partial charge >= 0.3 is 0 Å². The molecule has 1 fully saturated rings. The average molecular weight is 191 g/mol. The summed E-state index contributed by atoms with van der Waals surface area (Å²) in [5.41, 5.74) is 2.23. The number of hydrogen-bond donors (Lipinski definition) is 2. The average Bonchev–Trinajstić information content (AvgIpc) is 2.13. The lowest BCUT2D eigenvalue weighted by Gasteiger charge is -2.27. The van der Waals surface area contributed by atoms with Gasteiger partial charge < -0.3 is 10.6 Å². The molecular formula is C11H17N3. The molecule has 0 unspecified atom stereocenters. The van der Waals surface area contributed by atoms with E-state index in [-0.39, 0.29) is 0 Å². The molecule has 3 nitrogen and oxygen atoms in total. The summed E-state index contributed by atoms with van der Waals surface area (Å²) in [5, 5.41) is 6.73. The molecule has 0 saturated heterocycles. The van der Waals surface area contributed by atoms with Crippen molar-refractivity contribution in [2.45, 2.75) is 32.2 Å². The maximum atomic E-state index is 4.19. The van der Waals surface area contributed by atoms with Gasteiger partial charge in [-0.15, -0.1) is 0 Å². The lowest BCUT2D eigenvalue weighted by Crippen LogP contribution is -2.27. The van der Waals surface area contributed by atoms with Crippen LogP contribution in [0.1, 0.15) is 26.2 Å². The first-order chi connectivity index (χ1) is 6.88. The van der Waals surface area contributed by atoms with E-state index in [2.05, 4.69) is 28.6 Å². The van der Waals surface area contributed by atoms with Crippen LogP contribution in [0.25, 0.3) is 0 Å². The summed E-state index contributed by atoms with van der Waals surface area (Å²) in [5.74, 6) is 0. The van der Waals surface area contributed by atoms with Crippen LogP contribution in [0, 0.1) is 0 Å². The van der Waals surface area contributed by atoms with Gasteiger partial charge in [-0.3, -0.25) is 4.98 Å². The topological polar surface area (TPSA) is 37.0 Å². The Kier molecular flexibility index (Phi) is 2.87. The summed E-state index contributed by atoms with van der Waals surface area (Å²) < 4.78 is 0. The molecular weight excluding hydrogens is 174 g/mol. The van der Waals surface area contributed by atoms with Crippen molar-refractivity contribution in [3.63, 3.8) is 0 Å². The van der Waals surface area contributed by atoms with Gasteiger partial charge in [0.15, 0.2) is 0 Å². The van der Waals surface area contributed by atoms with Crippen molar-refractivity contribution in [3.05, 3.63) is 18.5 Å². The fraction of sp³-hybridized carbons (Fsp3) is 0.545. The summed E-state index contributed by atoms with van der Waals surface area (Å²) in [7, 11) is 0. The van der Waals surface area contributed by atoms with Crippen molar-refractivity contribution in [2.24, 2.45) is 0 Å². The molecule has 0 radical (unpaired) electrons. The van der Waals surface area contributed by atoms with Gasteiger partial charge in [0, 0.05) is 12.6 Å². The van der Waals surface area contributed by atoms with Gasteiger partial charge in [0.2, 0.25) is 0 Å². The van der Waals surface area contributed by atoms with Crippen LogP contribution in [0.5, 0.6) is 0 Å². The quantitative estimate of drug-likeness (QED) is 0.767. The highest BCUT2D eigenvalue weighted by atomic mass is 15.0. The molecule has 0 atom stereocenters. The van der Waals surface area contributed by atoms with Crippen LogP contribution in [0.3, 0.4) is 0 Å². The van der Waals surface area contributed by atoms with Gasteiger partial charge in [0.25, 0.3) is 0 Å². The third-order valence-corrected chi connectivity index (χ3v) is 2.60. The molecule has 2 rings (SSSR count). The van der Waals surface area contributed by atoms with Crippen molar-refractivity contribution in [2.75, 3.05) is 17.2 Å². The molecule has 1 aromatic rings. The van der Waals surface area contributed by atoms with Crippen LogP contribution in [-0.4, -0.2) is 17.6 Å². The third-order valence-electron chi connectivity index (χ3n) is 2.60. The van der Waals surface area contributed by atoms with E-state index in [1.165, 1.54) is 19.3 Å².